The second-order valence-electron chi connectivity index (χ2n) is 7.85. The van der Waals surface area contributed by atoms with Gasteiger partial charge in [0.1, 0.15) is 24.7 Å². The molecule has 3 aromatic carbocycles. The van der Waals surface area contributed by atoms with E-state index in [-0.39, 0.29) is 18.0 Å². The highest BCUT2D eigenvalue weighted by atomic mass is 79.9. The van der Waals surface area contributed by atoms with Crippen LogP contribution in [-0.4, -0.2) is 36.4 Å². The zero-order chi connectivity index (χ0) is 26.5. The molecular formula is C26H20BrClFN3O5. The van der Waals surface area contributed by atoms with E-state index < -0.39 is 30.2 Å². The van der Waals surface area contributed by atoms with Crippen molar-refractivity contribution in [3.05, 3.63) is 92.8 Å². The number of nitrogens with zero attached hydrogens (tertiary/aromatic N) is 1. The molecule has 8 nitrogen and oxygen atoms in total. The van der Waals surface area contributed by atoms with Crippen molar-refractivity contribution in [1.29, 1.82) is 0 Å². The standard InChI is InChI=1S/C26H20BrClFN3O5/c1-36-22-11-16(18(27)12-23(22)37-14-15-6-8-17(28)9-7-15)10-21-25(34)32(26(35)31-21)13-24(33)30-20-5-3-2-4-19(20)29/h2-12H,13-14H2,1H3,(H,30,33)(H,31,35)/b21-10+. The van der Waals surface area contributed by atoms with Crippen molar-refractivity contribution in [2.75, 3.05) is 19.0 Å². The number of nitrogens with one attached hydrogen (secondary N) is 2. The first kappa shape index (κ1) is 26.2. The van der Waals surface area contributed by atoms with Crippen LogP contribution in [0.4, 0.5) is 14.9 Å². The van der Waals surface area contributed by atoms with Crippen LogP contribution in [0, 0.1) is 5.82 Å². The van der Waals surface area contributed by atoms with E-state index in [1.165, 1.54) is 31.4 Å². The number of hydrogen-bond acceptors (Lipinski definition) is 5. The molecule has 1 heterocycles. The zero-order valence-corrected chi connectivity index (χ0v) is 21.7. The summed E-state index contributed by atoms with van der Waals surface area (Å²) < 4.78 is 25.7. The van der Waals surface area contributed by atoms with E-state index in [9.17, 15) is 18.8 Å². The van der Waals surface area contributed by atoms with Crippen LogP contribution < -0.4 is 20.1 Å². The van der Waals surface area contributed by atoms with Crippen molar-refractivity contribution >= 4 is 57.1 Å². The maximum atomic E-state index is 13.8. The van der Waals surface area contributed by atoms with Crippen LogP contribution in [-0.2, 0) is 16.2 Å². The first-order chi connectivity index (χ1) is 17.7. The number of methoxy groups -OCH3 is 1. The molecule has 0 saturated carbocycles. The van der Waals surface area contributed by atoms with Crippen LogP contribution in [0.5, 0.6) is 11.5 Å². The zero-order valence-electron chi connectivity index (χ0n) is 19.4. The van der Waals surface area contributed by atoms with E-state index in [2.05, 4.69) is 26.6 Å². The van der Waals surface area contributed by atoms with Gasteiger partial charge in [-0.15, -0.1) is 0 Å². The summed E-state index contributed by atoms with van der Waals surface area (Å²) in [4.78, 5) is 38.3. The van der Waals surface area contributed by atoms with Crippen LogP contribution in [0.3, 0.4) is 0 Å². The number of amides is 4. The molecule has 1 aliphatic heterocycles. The Hall–Kier alpha value is -3.89. The first-order valence-electron chi connectivity index (χ1n) is 10.9. The molecule has 37 heavy (non-hydrogen) atoms. The molecule has 0 bridgehead atoms. The molecule has 11 heteroatoms. The van der Waals surface area contributed by atoms with Gasteiger partial charge in [-0.2, -0.15) is 0 Å². The lowest BCUT2D eigenvalue weighted by Crippen LogP contribution is -2.38. The van der Waals surface area contributed by atoms with Gasteiger partial charge in [0.15, 0.2) is 11.5 Å². The Labute approximate surface area is 225 Å². The van der Waals surface area contributed by atoms with Crippen molar-refractivity contribution in [3.8, 4) is 11.5 Å². The molecule has 3 aromatic rings. The topological polar surface area (TPSA) is 97.0 Å². The monoisotopic (exact) mass is 587 g/mol. The lowest BCUT2D eigenvalue weighted by Gasteiger charge is -2.13. The average Bonchev–Trinajstić information content (AvgIpc) is 3.13. The van der Waals surface area contributed by atoms with E-state index in [1.54, 1.807) is 30.3 Å². The lowest BCUT2D eigenvalue weighted by molar-refractivity contribution is -0.127. The maximum Gasteiger partial charge on any atom is 0.329 e. The molecule has 190 valence electrons. The highest BCUT2D eigenvalue weighted by Crippen LogP contribution is 2.35. The van der Waals surface area contributed by atoms with E-state index in [4.69, 9.17) is 21.1 Å². The average molecular weight is 589 g/mol. The molecule has 0 radical (unpaired) electrons. The van der Waals surface area contributed by atoms with Crippen LogP contribution >= 0.6 is 27.5 Å². The van der Waals surface area contributed by atoms with Gasteiger partial charge in [-0.25, -0.2) is 14.1 Å². The number of anilines is 1. The normalized spacial score (nSPS) is 14.1. The molecule has 1 fully saturated rings. The fraction of sp³-hybridized carbons (Fsp3) is 0.115. The van der Waals surface area contributed by atoms with Crippen molar-refractivity contribution < 1.29 is 28.2 Å². The second kappa shape index (κ2) is 11.4. The summed E-state index contributed by atoms with van der Waals surface area (Å²) in [6, 6.07) is 15.4. The van der Waals surface area contributed by atoms with Gasteiger partial charge < -0.3 is 20.1 Å². The number of ether oxygens (including phenoxy) is 2. The van der Waals surface area contributed by atoms with E-state index >= 15 is 0 Å². The third-order valence-electron chi connectivity index (χ3n) is 5.30. The minimum absolute atomic E-state index is 0.0405. The van der Waals surface area contributed by atoms with E-state index in [0.29, 0.717) is 26.6 Å². The molecule has 2 N–H and O–H groups in total. The highest BCUT2D eigenvalue weighted by Gasteiger charge is 2.35. The predicted octanol–water partition coefficient (Wildman–Crippen LogP) is 5.36. The Bertz CT molecular complexity index is 1400. The van der Waals surface area contributed by atoms with Gasteiger partial charge in [0.2, 0.25) is 5.91 Å². The van der Waals surface area contributed by atoms with Crippen LogP contribution in [0.1, 0.15) is 11.1 Å². The number of carbonyl (C=O) groups is 3. The Kier molecular flexibility index (Phi) is 8.10. The third-order valence-corrected chi connectivity index (χ3v) is 6.24. The number of imide groups is 1. The second-order valence-corrected chi connectivity index (χ2v) is 9.14. The summed E-state index contributed by atoms with van der Waals surface area (Å²) in [5.74, 6) is -1.20. The fourth-order valence-electron chi connectivity index (χ4n) is 3.44. The number of para-hydroxylation sites is 1. The van der Waals surface area contributed by atoms with Crippen molar-refractivity contribution in [3.63, 3.8) is 0 Å². The number of halogens is 3. The Morgan fingerprint density at radius 3 is 2.57 bits per heavy atom. The molecule has 0 unspecified atom stereocenters. The summed E-state index contributed by atoms with van der Waals surface area (Å²) in [6.45, 7) is -0.308. The Morgan fingerprint density at radius 2 is 1.86 bits per heavy atom. The number of benzene rings is 3. The largest absolute Gasteiger partial charge is 0.493 e. The molecule has 0 aliphatic carbocycles. The van der Waals surface area contributed by atoms with Gasteiger partial charge >= 0.3 is 6.03 Å². The van der Waals surface area contributed by atoms with Gasteiger partial charge in [-0.1, -0.05) is 51.8 Å². The maximum absolute atomic E-state index is 13.8. The molecular weight excluding hydrogens is 569 g/mol. The molecule has 1 saturated heterocycles. The predicted molar refractivity (Wildman–Crippen MR) is 140 cm³/mol. The minimum Gasteiger partial charge on any atom is -0.493 e. The molecule has 1 aliphatic rings. The van der Waals surface area contributed by atoms with Gasteiger partial charge in [-0.05, 0) is 53.6 Å². The van der Waals surface area contributed by atoms with Crippen LogP contribution in [0.2, 0.25) is 5.02 Å². The summed E-state index contributed by atoms with van der Waals surface area (Å²) in [7, 11) is 1.48. The van der Waals surface area contributed by atoms with Crippen molar-refractivity contribution in [2.24, 2.45) is 0 Å². The summed E-state index contributed by atoms with van der Waals surface area (Å²) in [5.41, 5.74) is 1.34. The summed E-state index contributed by atoms with van der Waals surface area (Å²) in [6.07, 6.45) is 1.45. The first-order valence-corrected chi connectivity index (χ1v) is 12.1. The van der Waals surface area contributed by atoms with Crippen molar-refractivity contribution in [2.45, 2.75) is 6.61 Å². The summed E-state index contributed by atoms with van der Waals surface area (Å²) >= 11 is 9.37. The van der Waals surface area contributed by atoms with Gasteiger partial charge in [0.25, 0.3) is 5.91 Å². The quantitative estimate of drug-likeness (QED) is 0.273. The molecule has 4 rings (SSSR count). The number of hydrogen-bond donors (Lipinski definition) is 2. The van der Waals surface area contributed by atoms with Gasteiger partial charge in [0, 0.05) is 9.50 Å². The third kappa shape index (κ3) is 6.28. The van der Waals surface area contributed by atoms with Crippen molar-refractivity contribution in [1.82, 2.24) is 10.2 Å². The van der Waals surface area contributed by atoms with Crippen LogP contribution in [0.25, 0.3) is 6.08 Å². The smallest absolute Gasteiger partial charge is 0.329 e. The molecule has 0 aromatic heterocycles. The highest BCUT2D eigenvalue weighted by molar-refractivity contribution is 9.10. The molecule has 4 amide bonds. The van der Waals surface area contributed by atoms with Gasteiger partial charge in [-0.3, -0.25) is 9.59 Å². The SMILES string of the molecule is COc1cc(/C=C2/NC(=O)N(CC(=O)Nc3ccccc3F)C2=O)c(Br)cc1OCc1ccc(Cl)cc1. The minimum atomic E-state index is -0.772. The fourth-order valence-corrected chi connectivity index (χ4v) is 4.00. The number of rotatable bonds is 8. The van der Waals surface area contributed by atoms with E-state index in [1.807, 2.05) is 12.1 Å². The van der Waals surface area contributed by atoms with Gasteiger partial charge in [0.05, 0.1) is 12.8 Å². The Morgan fingerprint density at radius 1 is 1.14 bits per heavy atom. The number of urea groups is 1. The van der Waals surface area contributed by atoms with Crippen LogP contribution in [0.15, 0.2) is 70.8 Å². The number of carbonyl (C=O) groups excluding carboxylic acids is 3. The lowest BCUT2D eigenvalue weighted by atomic mass is 10.1. The molecule has 0 spiro atoms. The molecule has 0 atom stereocenters. The summed E-state index contributed by atoms with van der Waals surface area (Å²) in [5, 5.41) is 5.43. The van der Waals surface area contributed by atoms with E-state index in [0.717, 1.165) is 10.5 Å². The Balaban J connectivity index is 1.47.